The molecule has 1 heterocycles. The predicted molar refractivity (Wildman–Crippen MR) is 54.3 cm³/mol. The van der Waals surface area contributed by atoms with E-state index in [1.54, 1.807) is 6.07 Å². The Morgan fingerprint density at radius 3 is 2.92 bits per heavy atom. The molecule has 1 aliphatic rings. The van der Waals surface area contributed by atoms with E-state index in [4.69, 9.17) is 0 Å². The maximum atomic E-state index is 9.57. The standard InChI is InChI=1S/C10H14N2O/c1-7-5-11-8-3-2-4-9(13)10(8)12-6-7/h2-4,7,11-13H,5-6H2,1H3. The lowest BCUT2D eigenvalue weighted by Gasteiger charge is -2.09. The lowest BCUT2D eigenvalue weighted by atomic mass is 10.2. The van der Waals surface area contributed by atoms with Crippen LogP contribution in [0.4, 0.5) is 11.4 Å². The van der Waals surface area contributed by atoms with Gasteiger partial charge in [0.15, 0.2) is 0 Å². The summed E-state index contributed by atoms with van der Waals surface area (Å²) in [6.07, 6.45) is 0. The number of nitrogens with one attached hydrogen (secondary N) is 2. The van der Waals surface area contributed by atoms with Gasteiger partial charge in [-0.1, -0.05) is 13.0 Å². The zero-order valence-corrected chi connectivity index (χ0v) is 7.67. The number of aromatic hydroxyl groups is 1. The zero-order chi connectivity index (χ0) is 9.26. The second-order valence-electron chi connectivity index (χ2n) is 3.57. The minimum absolute atomic E-state index is 0.319. The smallest absolute Gasteiger partial charge is 0.140 e. The molecular formula is C10H14N2O. The minimum atomic E-state index is 0.319. The van der Waals surface area contributed by atoms with Crippen LogP contribution in [0.3, 0.4) is 0 Å². The highest BCUT2D eigenvalue weighted by Crippen LogP contribution is 2.33. The van der Waals surface area contributed by atoms with Crippen molar-refractivity contribution in [1.82, 2.24) is 0 Å². The Morgan fingerprint density at radius 1 is 1.31 bits per heavy atom. The lowest BCUT2D eigenvalue weighted by molar-refractivity contribution is 0.477. The largest absolute Gasteiger partial charge is 0.506 e. The number of phenols is 1. The molecule has 3 nitrogen and oxygen atoms in total. The van der Waals surface area contributed by atoms with Crippen molar-refractivity contribution in [3.8, 4) is 5.75 Å². The molecule has 0 saturated heterocycles. The highest BCUT2D eigenvalue weighted by molar-refractivity contribution is 5.75. The summed E-state index contributed by atoms with van der Waals surface area (Å²) in [4.78, 5) is 0. The molecule has 0 aromatic heterocycles. The summed E-state index contributed by atoms with van der Waals surface area (Å²) in [5, 5.41) is 16.1. The summed E-state index contributed by atoms with van der Waals surface area (Å²) in [5.74, 6) is 0.894. The number of hydrogen-bond donors (Lipinski definition) is 3. The summed E-state index contributed by atoms with van der Waals surface area (Å²) < 4.78 is 0. The molecule has 1 aliphatic heterocycles. The molecule has 0 amide bonds. The van der Waals surface area contributed by atoms with Crippen molar-refractivity contribution in [3.05, 3.63) is 18.2 Å². The van der Waals surface area contributed by atoms with E-state index in [1.165, 1.54) is 0 Å². The molecule has 13 heavy (non-hydrogen) atoms. The molecule has 1 aromatic rings. The third kappa shape index (κ3) is 1.54. The van der Waals surface area contributed by atoms with E-state index >= 15 is 0 Å². The molecule has 0 radical (unpaired) electrons. The van der Waals surface area contributed by atoms with Gasteiger partial charge in [0.25, 0.3) is 0 Å². The Bertz CT molecular complexity index is 312. The van der Waals surface area contributed by atoms with Gasteiger partial charge in [-0.2, -0.15) is 0 Å². The molecule has 0 spiro atoms. The number of anilines is 2. The van der Waals surface area contributed by atoms with Crippen LogP contribution >= 0.6 is 0 Å². The van der Waals surface area contributed by atoms with Gasteiger partial charge in [0.1, 0.15) is 11.4 Å². The zero-order valence-electron chi connectivity index (χ0n) is 7.67. The molecule has 1 unspecified atom stereocenters. The first kappa shape index (κ1) is 8.23. The number of rotatable bonds is 0. The number of benzene rings is 1. The number of phenolic OH excluding ortho intramolecular Hbond substituents is 1. The van der Waals surface area contributed by atoms with E-state index in [1.807, 2.05) is 12.1 Å². The first-order valence-electron chi connectivity index (χ1n) is 4.57. The summed E-state index contributed by atoms with van der Waals surface area (Å²) >= 11 is 0. The Morgan fingerprint density at radius 2 is 2.08 bits per heavy atom. The second-order valence-corrected chi connectivity index (χ2v) is 3.57. The average Bonchev–Trinajstić information content (AvgIpc) is 2.30. The first-order valence-corrected chi connectivity index (χ1v) is 4.57. The fourth-order valence-electron chi connectivity index (χ4n) is 1.51. The third-order valence-electron chi connectivity index (χ3n) is 2.31. The van der Waals surface area contributed by atoms with Gasteiger partial charge in [0.05, 0.1) is 5.69 Å². The van der Waals surface area contributed by atoms with Gasteiger partial charge in [-0.15, -0.1) is 0 Å². The highest BCUT2D eigenvalue weighted by Gasteiger charge is 2.13. The van der Waals surface area contributed by atoms with Gasteiger partial charge in [-0.25, -0.2) is 0 Å². The van der Waals surface area contributed by atoms with Crippen LogP contribution in [0.15, 0.2) is 18.2 Å². The maximum absolute atomic E-state index is 9.57. The monoisotopic (exact) mass is 178 g/mol. The van der Waals surface area contributed by atoms with Crippen LogP contribution in [0.25, 0.3) is 0 Å². The van der Waals surface area contributed by atoms with Crippen LogP contribution in [0.5, 0.6) is 5.75 Å². The van der Waals surface area contributed by atoms with Crippen LogP contribution in [-0.2, 0) is 0 Å². The van der Waals surface area contributed by atoms with Crippen LogP contribution in [0.2, 0.25) is 0 Å². The van der Waals surface area contributed by atoms with Crippen LogP contribution in [-0.4, -0.2) is 18.2 Å². The van der Waals surface area contributed by atoms with Crippen molar-refractivity contribution in [2.24, 2.45) is 5.92 Å². The first-order chi connectivity index (χ1) is 6.27. The molecular weight excluding hydrogens is 164 g/mol. The molecule has 0 saturated carbocycles. The van der Waals surface area contributed by atoms with Crippen molar-refractivity contribution in [2.75, 3.05) is 23.7 Å². The van der Waals surface area contributed by atoms with Crippen LogP contribution in [0, 0.1) is 5.92 Å². The van der Waals surface area contributed by atoms with Gasteiger partial charge in [-0.05, 0) is 18.1 Å². The minimum Gasteiger partial charge on any atom is -0.506 e. The van der Waals surface area contributed by atoms with Crippen molar-refractivity contribution in [1.29, 1.82) is 0 Å². The molecule has 0 bridgehead atoms. The lowest BCUT2D eigenvalue weighted by Crippen LogP contribution is -2.14. The summed E-state index contributed by atoms with van der Waals surface area (Å²) in [6.45, 7) is 4.02. The van der Waals surface area contributed by atoms with Crippen molar-refractivity contribution >= 4 is 11.4 Å². The molecule has 1 aromatic carbocycles. The van der Waals surface area contributed by atoms with E-state index in [0.29, 0.717) is 11.7 Å². The fraction of sp³-hybridized carbons (Fsp3) is 0.400. The summed E-state index contributed by atoms with van der Waals surface area (Å²) in [6, 6.07) is 5.52. The number of para-hydroxylation sites is 1. The van der Waals surface area contributed by atoms with E-state index in [0.717, 1.165) is 24.5 Å². The van der Waals surface area contributed by atoms with Gasteiger partial charge < -0.3 is 15.7 Å². The van der Waals surface area contributed by atoms with Crippen LogP contribution in [0.1, 0.15) is 6.92 Å². The maximum Gasteiger partial charge on any atom is 0.140 e. The molecule has 70 valence electrons. The number of fused-ring (bicyclic) bond motifs is 1. The molecule has 0 aliphatic carbocycles. The van der Waals surface area contributed by atoms with E-state index in [9.17, 15) is 5.11 Å². The van der Waals surface area contributed by atoms with Crippen molar-refractivity contribution < 1.29 is 5.11 Å². The molecule has 2 rings (SSSR count). The number of hydrogen-bond acceptors (Lipinski definition) is 3. The van der Waals surface area contributed by atoms with Gasteiger partial charge in [0, 0.05) is 13.1 Å². The molecule has 3 N–H and O–H groups in total. The van der Waals surface area contributed by atoms with Gasteiger partial charge >= 0.3 is 0 Å². The average molecular weight is 178 g/mol. The normalized spacial score (nSPS) is 20.8. The quantitative estimate of drug-likeness (QED) is 0.531. The van der Waals surface area contributed by atoms with Crippen molar-refractivity contribution in [3.63, 3.8) is 0 Å². The third-order valence-corrected chi connectivity index (χ3v) is 2.31. The highest BCUT2D eigenvalue weighted by atomic mass is 16.3. The SMILES string of the molecule is CC1CNc2cccc(O)c2NC1. The second kappa shape index (κ2) is 3.17. The van der Waals surface area contributed by atoms with E-state index < -0.39 is 0 Å². The molecule has 1 atom stereocenters. The van der Waals surface area contributed by atoms with Gasteiger partial charge in [-0.3, -0.25) is 0 Å². The summed E-state index contributed by atoms with van der Waals surface area (Å²) in [7, 11) is 0. The van der Waals surface area contributed by atoms with Crippen LogP contribution < -0.4 is 10.6 Å². The Hall–Kier alpha value is -1.38. The van der Waals surface area contributed by atoms with Gasteiger partial charge in [0.2, 0.25) is 0 Å². The molecule has 3 heteroatoms. The van der Waals surface area contributed by atoms with E-state index in [-0.39, 0.29) is 0 Å². The topological polar surface area (TPSA) is 44.3 Å². The molecule has 0 fully saturated rings. The fourth-order valence-corrected chi connectivity index (χ4v) is 1.51. The Balaban J connectivity index is 2.35. The Kier molecular flexibility index (Phi) is 2.00. The predicted octanol–water partition coefficient (Wildman–Crippen LogP) is 1.87. The summed E-state index contributed by atoms with van der Waals surface area (Å²) in [5.41, 5.74) is 1.82. The van der Waals surface area contributed by atoms with E-state index in [2.05, 4.69) is 17.6 Å². The Labute approximate surface area is 77.8 Å². The van der Waals surface area contributed by atoms with Crippen molar-refractivity contribution in [2.45, 2.75) is 6.92 Å².